The molecular formula is C16H22F2N2. The molecule has 2 nitrogen and oxygen atoms in total. The molecule has 0 saturated heterocycles. The van der Waals surface area contributed by atoms with Crippen LogP contribution in [0.25, 0.3) is 12.2 Å². The number of alkyl halides is 2. The molecule has 0 spiro atoms. The number of halogens is 2. The first-order valence-electron chi connectivity index (χ1n) is 6.96. The van der Waals surface area contributed by atoms with Crippen molar-refractivity contribution >= 4 is 12.2 Å². The lowest BCUT2D eigenvalue weighted by Crippen LogP contribution is -2.44. The number of hydrogen-bond acceptors (Lipinski definition) is 1. The van der Waals surface area contributed by atoms with Gasteiger partial charge in [0.05, 0.1) is 6.54 Å². The second kappa shape index (κ2) is 5.52. The van der Waals surface area contributed by atoms with Crippen molar-refractivity contribution in [2.45, 2.75) is 45.7 Å². The van der Waals surface area contributed by atoms with Gasteiger partial charge in [0.15, 0.2) is 0 Å². The van der Waals surface area contributed by atoms with E-state index in [2.05, 4.69) is 17.6 Å². The maximum absolute atomic E-state index is 13.2. The van der Waals surface area contributed by atoms with Gasteiger partial charge in [-0.1, -0.05) is 18.7 Å². The van der Waals surface area contributed by atoms with Crippen molar-refractivity contribution in [1.29, 1.82) is 0 Å². The van der Waals surface area contributed by atoms with E-state index in [0.717, 1.165) is 30.3 Å². The van der Waals surface area contributed by atoms with Crippen LogP contribution in [0.15, 0.2) is 12.7 Å². The summed E-state index contributed by atoms with van der Waals surface area (Å²) in [5.41, 5.74) is 4.40. The van der Waals surface area contributed by atoms with Crippen LogP contribution in [0.5, 0.6) is 0 Å². The highest BCUT2D eigenvalue weighted by Crippen LogP contribution is 2.31. The lowest BCUT2D eigenvalue weighted by molar-refractivity contribution is -0.0293. The molecule has 110 valence electrons. The van der Waals surface area contributed by atoms with E-state index in [1.807, 2.05) is 24.8 Å². The molecule has 0 aliphatic carbocycles. The molecule has 1 unspecified atom stereocenters. The van der Waals surface area contributed by atoms with E-state index in [1.165, 1.54) is 5.56 Å². The van der Waals surface area contributed by atoms with Gasteiger partial charge >= 0.3 is 0 Å². The van der Waals surface area contributed by atoms with Gasteiger partial charge in [0.25, 0.3) is 5.92 Å². The standard InChI is InChI=1S/C16H22F2N2/c1-5-7-12-13-8-11(3)20(10-16(4,17)18)9-15(13)19-14(12)6-2/h5-7,11,19H,2,8-10H2,1,3-4H3/b7-5-. The highest BCUT2D eigenvalue weighted by atomic mass is 19.3. The molecular weight excluding hydrogens is 258 g/mol. The second-order valence-corrected chi connectivity index (χ2v) is 5.64. The number of hydrogen-bond donors (Lipinski definition) is 1. The summed E-state index contributed by atoms with van der Waals surface area (Å²) >= 11 is 0. The van der Waals surface area contributed by atoms with E-state index >= 15 is 0 Å². The number of aromatic nitrogens is 1. The maximum atomic E-state index is 13.2. The van der Waals surface area contributed by atoms with Gasteiger partial charge in [0.2, 0.25) is 0 Å². The molecule has 1 atom stereocenters. The first-order valence-corrected chi connectivity index (χ1v) is 6.96. The predicted molar refractivity (Wildman–Crippen MR) is 79.8 cm³/mol. The Bertz CT molecular complexity index is 523. The van der Waals surface area contributed by atoms with Crippen LogP contribution in [0.1, 0.15) is 43.3 Å². The van der Waals surface area contributed by atoms with E-state index in [-0.39, 0.29) is 12.6 Å². The number of nitrogens with zero attached hydrogens (tertiary/aromatic N) is 1. The minimum atomic E-state index is -2.66. The van der Waals surface area contributed by atoms with Crippen molar-refractivity contribution < 1.29 is 8.78 Å². The summed E-state index contributed by atoms with van der Waals surface area (Å²) in [6.45, 7) is 9.12. The van der Waals surface area contributed by atoms with E-state index in [9.17, 15) is 8.78 Å². The quantitative estimate of drug-likeness (QED) is 0.880. The zero-order chi connectivity index (χ0) is 14.9. The molecule has 2 rings (SSSR count). The molecule has 1 aliphatic heterocycles. The molecule has 0 saturated carbocycles. The number of nitrogens with one attached hydrogen (secondary N) is 1. The van der Waals surface area contributed by atoms with Crippen molar-refractivity contribution in [3.63, 3.8) is 0 Å². The SMILES string of the molecule is C=Cc1[nH]c2c(c1/C=C\C)CC(C)N(CC(C)(F)F)C2. The normalized spacial score (nSPS) is 20.4. The molecule has 1 aliphatic rings. The lowest BCUT2D eigenvalue weighted by Gasteiger charge is -2.35. The van der Waals surface area contributed by atoms with Gasteiger partial charge in [-0.25, -0.2) is 8.78 Å². The van der Waals surface area contributed by atoms with E-state index in [1.54, 1.807) is 6.08 Å². The lowest BCUT2D eigenvalue weighted by atomic mass is 9.95. The van der Waals surface area contributed by atoms with Gasteiger partial charge in [-0.15, -0.1) is 0 Å². The zero-order valence-electron chi connectivity index (χ0n) is 12.3. The van der Waals surface area contributed by atoms with Gasteiger partial charge in [-0.05, 0) is 31.9 Å². The van der Waals surface area contributed by atoms with E-state index < -0.39 is 5.92 Å². The number of allylic oxidation sites excluding steroid dienone is 1. The number of H-pyrrole nitrogens is 1. The van der Waals surface area contributed by atoms with Crippen LogP contribution in [0.2, 0.25) is 0 Å². The largest absolute Gasteiger partial charge is 0.357 e. The summed E-state index contributed by atoms with van der Waals surface area (Å²) in [5.74, 6) is -2.66. The van der Waals surface area contributed by atoms with Crippen molar-refractivity contribution in [1.82, 2.24) is 9.88 Å². The number of fused-ring (bicyclic) bond motifs is 1. The van der Waals surface area contributed by atoms with Crippen LogP contribution >= 0.6 is 0 Å². The number of rotatable bonds is 4. The number of aromatic amines is 1. The molecule has 0 aromatic carbocycles. The van der Waals surface area contributed by atoms with Crippen LogP contribution in [0.3, 0.4) is 0 Å². The van der Waals surface area contributed by atoms with Gasteiger partial charge in [0, 0.05) is 36.5 Å². The van der Waals surface area contributed by atoms with Gasteiger partial charge < -0.3 is 4.98 Å². The first-order chi connectivity index (χ1) is 9.35. The Morgan fingerprint density at radius 3 is 2.75 bits per heavy atom. The van der Waals surface area contributed by atoms with Crippen molar-refractivity contribution in [2.24, 2.45) is 0 Å². The van der Waals surface area contributed by atoms with E-state index in [4.69, 9.17) is 0 Å². The van der Waals surface area contributed by atoms with Crippen LogP contribution in [0, 0.1) is 0 Å². The van der Waals surface area contributed by atoms with Crippen LogP contribution in [0.4, 0.5) is 8.78 Å². The molecule has 0 bridgehead atoms. The Morgan fingerprint density at radius 2 is 2.20 bits per heavy atom. The summed E-state index contributed by atoms with van der Waals surface area (Å²) in [4.78, 5) is 5.16. The van der Waals surface area contributed by atoms with Crippen LogP contribution in [-0.4, -0.2) is 28.4 Å². The summed E-state index contributed by atoms with van der Waals surface area (Å²) in [6.07, 6.45) is 6.63. The molecule has 1 N–H and O–H groups in total. The predicted octanol–water partition coefficient (Wildman–Crippen LogP) is 4.09. The molecule has 0 radical (unpaired) electrons. The molecule has 20 heavy (non-hydrogen) atoms. The summed E-state index contributed by atoms with van der Waals surface area (Å²) in [5, 5.41) is 0. The molecule has 2 heterocycles. The summed E-state index contributed by atoms with van der Waals surface area (Å²) in [6, 6.07) is 0.116. The first kappa shape index (κ1) is 15.0. The highest BCUT2D eigenvalue weighted by Gasteiger charge is 2.32. The third-order valence-electron chi connectivity index (χ3n) is 3.77. The molecule has 4 heteroatoms. The monoisotopic (exact) mass is 280 g/mol. The minimum Gasteiger partial charge on any atom is -0.357 e. The Labute approximate surface area is 119 Å². The molecule has 0 fully saturated rings. The molecule has 1 aromatic rings. The topological polar surface area (TPSA) is 19.0 Å². The van der Waals surface area contributed by atoms with Gasteiger partial charge in [-0.2, -0.15) is 0 Å². The minimum absolute atomic E-state index is 0.116. The van der Waals surface area contributed by atoms with E-state index in [0.29, 0.717) is 6.54 Å². The average molecular weight is 280 g/mol. The average Bonchev–Trinajstić information content (AvgIpc) is 2.66. The maximum Gasteiger partial charge on any atom is 0.257 e. The van der Waals surface area contributed by atoms with Crippen LogP contribution < -0.4 is 0 Å². The zero-order valence-corrected chi connectivity index (χ0v) is 12.3. The Kier molecular flexibility index (Phi) is 4.14. The smallest absolute Gasteiger partial charge is 0.257 e. The molecule has 0 amide bonds. The van der Waals surface area contributed by atoms with Crippen molar-refractivity contribution in [2.75, 3.05) is 6.54 Å². The Balaban J connectivity index is 2.33. The Hall–Kier alpha value is -1.42. The van der Waals surface area contributed by atoms with Crippen molar-refractivity contribution in [3.8, 4) is 0 Å². The Morgan fingerprint density at radius 1 is 1.50 bits per heavy atom. The van der Waals surface area contributed by atoms with Crippen LogP contribution in [-0.2, 0) is 13.0 Å². The van der Waals surface area contributed by atoms with Gasteiger partial charge in [0.1, 0.15) is 0 Å². The third-order valence-corrected chi connectivity index (χ3v) is 3.77. The summed E-state index contributed by atoms with van der Waals surface area (Å²) < 4.78 is 26.5. The fourth-order valence-corrected chi connectivity index (χ4v) is 2.87. The van der Waals surface area contributed by atoms with Gasteiger partial charge in [-0.3, -0.25) is 4.90 Å². The summed E-state index contributed by atoms with van der Waals surface area (Å²) in [7, 11) is 0. The van der Waals surface area contributed by atoms with Crippen molar-refractivity contribution in [3.05, 3.63) is 35.2 Å². The highest BCUT2D eigenvalue weighted by molar-refractivity contribution is 5.67. The molecule has 1 aromatic heterocycles. The fraction of sp³-hybridized carbons (Fsp3) is 0.500. The third kappa shape index (κ3) is 3.01. The second-order valence-electron chi connectivity index (χ2n) is 5.64. The fourth-order valence-electron chi connectivity index (χ4n) is 2.87.